The predicted molar refractivity (Wildman–Crippen MR) is 75.8 cm³/mol. The smallest absolute Gasteiger partial charge is 0.248 e. The van der Waals surface area contributed by atoms with Gasteiger partial charge >= 0.3 is 0 Å². The summed E-state index contributed by atoms with van der Waals surface area (Å²) in [6.07, 6.45) is 0. The molecule has 2 aromatic carbocycles. The predicted octanol–water partition coefficient (Wildman–Crippen LogP) is 3.67. The number of amides is 1. The SMILES string of the molecule is NC(=O)c1cccc(OCc2cc(Cl)ccc2Cl)c1. The fourth-order valence-electron chi connectivity index (χ4n) is 1.55. The third kappa shape index (κ3) is 3.63. The Bertz CT molecular complexity index is 614. The average molecular weight is 296 g/mol. The van der Waals surface area contributed by atoms with E-state index in [1.807, 2.05) is 0 Å². The first-order valence-corrected chi connectivity index (χ1v) is 6.28. The monoisotopic (exact) mass is 295 g/mol. The zero-order valence-electron chi connectivity index (χ0n) is 9.90. The lowest BCUT2D eigenvalue weighted by atomic mass is 10.2. The first-order chi connectivity index (χ1) is 9.06. The number of rotatable bonds is 4. The molecule has 0 aromatic heterocycles. The lowest BCUT2D eigenvalue weighted by molar-refractivity contribution is 0.1000. The zero-order chi connectivity index (χ0) is 13.8. The van der Waals surface area contributed by atoms with Crippen LogP contribution in [0.4, 0.5) is 0 Å². The van der Waals surface area contributed by atoms with Crippen molar-refractivity contribution >= 4 is 29.1 Å². The van der Waals surface area contributed by atoms with Crippen LogP contribution in [0.5, 0.6) is 5.75 Å². The zero-order valence-corrected chi connectivity index (χ0v) is 11.4. The van der Waals surface area contributed by atoms with Gasteiger partial charge in [-0.3, -0.25) is 4.79 Å². The summed E-state index contributed by atoms with van der Waals surface area (Å²) in [5.74, 6) is 0.0542. The largest absolute Gasteiger partial charge is 0.489 e. The van der Waals surface area contributed by atoms with Gasteiger partial charge in [-0.25, -0.2) is 0 Å². The van der Waals surface area contributed by atoms with E-state index in [0.29, 0.717) is 21.4 Å². The van der Waals surface area contributed by atoms with Gasteiger partial charge in [-0.1, -0.05) is 29.3 Å². The Kier molecular flexibility index (Phi) is 4.30. The topological polar surface area (TPSA) is 52.3 Å². The van der Waals surface area contributed by atoms with E-state index in [4.69, 9.17) is 33.7 Å². The fourth-order valence-corrected chi connectivity index (χ4v) is 1.92. The van der Waals surface area contributed by atoms with Crippen LogP contribution in [0.2, 0.25) is 10.0 Å². The van der Waals surface area contributed by atoms with Crippen LogP contribution in [0, 0.1) is 0 Å². The molecule has 0 atom stereocenters. The number of halogens is 2. The van der Waals surface area contributed by atoms with Gasteiger partial charge < -0.3 is 10.5 Å². The van der Waals surface area contributed by atoms with E-state index in [1.54, 1.807) is 42.5 Å². The summed E-state index contributed by atoms with van der Waals surface area (Å²) in [6, 6.07) is 11.8. The van der Waals surface area contributed by atoms with Gasteiger partial charge in [0.25, 0.3) is 0 Å². The van der Waals surface area contributed by atoms with Gasteiger partial charge in [-0.15, -0.1) is 0 Å². The first-order valence-electron chi connectivity index (χ1n) is 5.53. The molecule has 0 fully saturated rings. The standard InChI is InChI=1S/C14H11Cl2NO2/c15-11-4-5-13(16)10(6-11)8-19-12-3-1-2-9(7-12)14(17)18/h1-7H,8H2,(H2,17,18). The van der Waals surface area contributed by atoms with Crippen molar-refractivity contribution in [2.45, 2.75) is 6.61 Å². The van der Waals surface area contributed by atoms with E-state index in [-0.39, 0.29) is 6.61 Å². The molecular formula is C14H11Cl2NO2. The number of benzene rings is 2. The molecule has 19 heavy (non-hydrogen) atoms. The Labute approximate surface area is 120 Å². The molecule has 2 rings (SSSR count). The van der Waals surface area contributed by atoms with Crippen LogP contribution in [0.3, 0.4) is 0 Å². The molecule has 2 aromatic rings. The van der Waals surface area contributed by atoms with Crippen molar-refractivity contribution in [3.05, 3.63) is 63.6 Å². The van der Waals surface area contributed by atoms with E-state index >= 15 is 0 Å². The number of nitrogens with two attached hydrogens (primary N) is 1. The second kappa shape index (κ2) is 5.95. The molecule has 2 N–H and O–H groups in total. The summed E-state index contributed by atoms with van der Waals surface area (Å²) in [7, 11) is 0. The minimum atomic E-state index is -0.494. The molecule has 1 amide bonds. The summed E-state index contributed by atoms with van der Waals surface area (Å²) >= 11 is 11.9. The molecule has 0 unspecified atom stereocenters. The van der Waals surface area contributed by atoms with Crippen LogP contribution in [0.15, 0.2) is 42.5 Å². The van der Waals surface area contributed by atoms with Gasteiger partial charge in [0.2, 0.25) is 5.91 Å². The summed E-state index contributed by atoms with van der Waals surface area (Å²) in [5.41, 5.74) is 6.38. The van der Waals surface area contributed by atoms with Gasteiger partial charge in [0.1, 0.15) is 12.4 Å². The van der Waals surface area contributed by atoms with Crippen molar-refractivity contribution in [3.8, 4) is 5.75 Å². The minimum Gasteiger partial charge on any atom is -0.489 e. The molecule has 0 aliphatic heterocycles. The van der Waals surface area contributed by atoms with Crippen LogP contribution >= 0.6 is 23.2 Å². The average Bonchev–Trinajstić information content (AvgIpc) is 2.40. The van der Waals surface area contributed by atoms with Crippen LogP contribution in [-0.2, 0) is 6.61 Å². The van der Waals surface area contributed by atoms with E-state index in [0.717, 1.165) is 5.56 Å². The highest BCUT2D eigenvalue weighted by Crippen LogP contribution is 2.22. The highest BCUT2D eigenvalue weighted by molar-refractivity contribution is 6.33. The summed E-state index contributed by atoms with van der Waals surface area (Å²) in [6.45, 7) is 0.265. The molecule has 0 heterocycles. The molecule has 0 spiro atoms. The molecule has 0 saturated heterocycles. The van der Waals surface area contributed by atoms with Crippen LogP contribution < -0.4 is 10.5 Å². The number of primary amides is 1. The van der Waals surface area contributed by atoms with Crippen LogP contribution in [0.25, 0.3) is 0 Å². The van der Waals surface area contributed by atoms with Crippen molar-refractivity contribution < 1.29 is 9.53 Å². The Balaban J connectivity index is 2.12. The number of ether oxygens (including phenoxy) is 1. The maximum atomic E-state index is 11.1. The quantitative estimate of drug-likeness (QED) is 0.935. The van der Waals surface area contributed by atoms with Crippen molar-refractivity contribution in [2.75, 3.05) is 0 Å². The summed E-state index contributed by atoms with van der Waals surface area (Å²) in [4.78, 5) is 11.1. The van der Waals surface area contributed by atoms with Crippen molar-refractivity contribution in [1.29, 1.82) is 0 Å². The lowest BCUT2D eigenvalue weighted by Crippen LogP contribution is -2.10. The Hall–Kier alpha value is -1.71. The van der Waals surface area contributed by atoms with E-state index < -0.39 is 5.91 Å². The third-order valence-corrected chi connectivity index (χ3v) is 3.12. The van der Waals surface area contributed by atoms with E-state index in [9.17, 15) is 4.79 Å². The Morgan fingerprint density at radius 3 is 2.68 bits per heavy atom. The minimum absolute atomic E-state index is 0.265. The van der Waals surface area contributed by atoms with Gasteiger partial charge in [0, 0.05) is 21.2 Å². The number of hydrogen-bond donors (Lipinski definition) is 1. The Morgan fingerprint density at radius 1 is 1.16 bits per heavy atom. The van der Waals surface area contributed by atoms with Gasteiger partial charge in [0.05, 0.1) is 0 Å². The highest BCUT2D eigenvalue weighted by Gasteiger charge is 2.05. The molecule has 0 saturated carbocycles. The maximum Gasteiger partial charge on any atom is 0.248 e. The molecule has 98 valence electrons. The molecule has 3 nitrogen and oxygen atoms in total. The number of carbonyl (C=O) groups is 1. The molecular weight excluding hydrogens is 285 g/mol. The highest BCUT2D eigenvalue weighted by atomic mass is 35.5. The van der Waals surface area contributed by atoms with Crippen molar-refractivity contribution in [3.63, 3.8) is 0 Å². The van der Waals surface area contributed by atoms with Gasteiger partial charge in [-0.05, 0) is 36.4 Å². The summed E-state index contributed by atoms with van der Waals surface area (Å²) < 4.78 is 5.57. The first kappa shape index (κ1) is 13.7. The lowest BCUT2D eigenvalue weighted by Gasteiger charge is -2.09. The summed E-state index contributed by atoms with van der Waals surface area (Å²) in [5, 5.41) is 1.17. The van der Waals surface area contributed by atoms with E-state index in [2.05, 4.69) is 0 Å². The molecule has 0 aliphatic carbocycles. The normalized spacial score (nSPS) is 10.2. The maximum absolute atomic E-state index is 11.1. The third-order valence-electron chi connectivity index (χ3n) is 2.52. The van der Waals surface area contributed by atoms with Crippen molar-refractivity contribution in [2.24, 2.45) is 5.73 Å². The number of hydrogen-bond acceptors (Lipinski definition) is 2. The van der Waals surface area contributed by atoms with Crippen molar-refractivity contribution in [1.82, 2.24) is 0 Å². The molecule has 5 heteroatoms. The van der Waals surface area contributed by atoms with Crippen LogP contribution in [0.1, 0.15) is 15.9 Å². The Morgan fingerprint density at radius 2 is 1.95 bits per heavy atom. The molecule has 0 aliphatic rings. The second-order valence-electron chi connectivity index (χ2n) is 3.92. The van der Waals surface area contributed by atoms with Crippen LogP contribution in [-0.4, -0.2) is 5.91 Å². The number of carbonyl (C=O) groups excluding carboxylic acids is 1. The fraction of sp³-hybridized carbons (Fsp3) is 0.0714. The molecule has 0 bridgehead atoms. The van der Waals surface area contributed by atoms with E-state index in [1.165, 1.54) is 0 Å². The second-order valence-corrected chi connectivity index (χ2v) is 4.76. The van der Waals surface area contributed by atoms with Gasteiger partial charge in [-0.2, -0.15) is 0 Å². The van der Waals surface area contributed by atoms with Gasteiger partial charge in [0.15, 0.2) is 0 Å². The molecule has 0 radical (unpaired) electrons.